The standard InChI is InChI=1S/3C14H10F3NO2.Bi/c3*15-14(16,17)9-4-3-5-10(8-9)18-12-7-2-1-6-11(12)13(19)20;/h3*1-8,18H,(H,19,20);/q;;;+3/p-3. The number of hydrogen-bond donors (Lipinski definition) is 3. The minimum atomic E-state index is -4.45. The first-order valence-corrected chi connectivity index (χ1v) is 16.9. The topological polar surface area (TPSA) is 156 Å². The number of anilines is 6. The summed E-state index contributed by atoms with van der Waals surface area (Å²) in [6.07, 6.45) is -13.4. The Kier molecular flexibility index (Phi) is 16.8. The molecule has 9 nitrogen and oxygen atoms in total. The molecule has 0 aromatic heterocycles. The number of nitrogens with one attached hydrogen (secondary N) is 3. The van der Waals surface area contributed by atoms with E-state index in [1.165, 1.54) is 91.0 Å². The summed E-state index contributed by atoms with van der Waals surface area (Å²) in [4.78, 5) is 32.7. The minimum absolute atomic E-state index is 0. The fraction of sp³-hybridized carbons (Fsp3) is 0.0714. The predicted octanol–water partition coefficient (Wildman–Crippen LogP) is 8.06. The molecule has 314 valence electrons. The zero-order chi connectivity index (χ0) is 44.3. The quantitative estimate of drug-likeness (QED) is 0.0964. The van der Waals surface area contributed by atoms with Gasteiger partial charge in [0.05, 0.1) is 34.6 Å². The fourth-order valence-electron chi connectivity index (χ4n) is 5.10. The molecule has 6 aromatic rings. The molecule has 0 amide bonds. The SMILES string of the molecule is O=C([O-])c1ccccc1Nc1cccc(C(F)(F)F)c1.O=C([O-])c1ccccc1Nc1cccc(C(F)(F)F)c1.O=C([O-])c1ccccc1Nc1cccc(C(F)(F)F)c1.[Bi+3]. The molecule has 0 unspecified atom stereocenters. The molecule has 0 aliphatic carbocycles. The predicted molar refractivity (Wildman–Crippen MR) is 202 cm³/mol. The van der Waals surface area contributed by atoms with E-state index in [1.54, 1.807) is 18.2 Å². The zero-order valence-corrected chi connectivity index (χ0v) is 34.1. The molecule has 0 spiro atoms. The van der Waals surface area contributed by atoms with E-state index in [1.807, 2.05) is 0 Å². The van der Waals surface area contributed by atoms with Crippen molar-refractivity contribution in [1.29, 1.82) is 0 Å². The Balaban J connectivity index is 0.000000242. The number of benzene rings is 6. The minimum Gasteiger partial charge on any atom is -0.545 e. The van der Waals surface area contributed by atoms with Crippen LogP contribution in [0.25, 0.3) is 0 Å². The second kappa shape index (κ2) is 21.1. The molecular formula is C42H27BiF9N3O6. The Morgan fingerprint density at radius 2 is 0.590 bits per heavy atom. The van der Waals surface area contributed by atoms with Gasteiger partial charge >= 0.3 is 44.7 Å². The summed E-state index contributed by atoms with van der Waals surface area (Å²) in [7, 11) is 0. The number of carbonyl (C=O) groups excluding carboxylic acids is 3. The van der Waals surface area contributed by atoms with E-state index in [0.717, 1.165) is 36.4 Å². The summed E-state index contributed by atoms with van der Waals surface area (Å²) in [5.74, 6) is -4.21. The van der Waals surface area contributed by atoms with Crippen molar-refractivity contribution >= 4 is 78.2 Å². The first kappa shape index (κ1) is 48.7. The zero-order valence-electron chi connectivity index (χ0n) is 30.7. The summed E-state index contributed by atoms with van der Waals surface area (Å²) < 4.78 is 113. The Labute approximate surface area is 359 Å². The van der Waals surface area contributed by atoms with Crippen molar-refractivity contribution in [3.63, 3.8) is 0 Å². The molecule has 2 radical (unpaired) electrons. The molecule has 0 atom stereocenters. The Bertz CT molecular complexity index is 2190. The maximum atomic E-state index is 12.6. The van der Waals surface area contributed by atoms with Crippen LogP contribution in [0.5, 0.6) is 0 Å². The van der Waals surface area contributed by atoms with Crippen molar-refractivity contribution in [3.8, 4) is 0 Å². The molecule has 0 aliphatic rings. The third-order valence-electron chi connectivity index (χ3n) is 7.85. The van der Waals surface area contributed by atoms with Gasteiger partial charge in [-0.25, -0.2) is 0 Å². The Morgan fingerprint density at radius 3 is 0.803 bits per heavy atom. The van der Waals surface area contributed by atoms with Crippen molar-refractivity contribution in [1.82, 2.24) is 0 Å². The third-order valence-corrected chi connectivity index (χ3v) is 7.85. The molecular weight excluding hydrogens is 1020 g/mol. The summed E-state index contributed by atoms with van der Waals surface area (Å²) in [6, 6.07) is 31.0. The van der Waals surface area contributed by atoms with Crippen LogP contribution in [0, 0.1) is 0 Å². The monoisotopic (exact) mass is 1050 g/mol. The molecule has 0 saturated carbocycles. The number of alkyl halides is 9. The summed E-state index contributed by atoms with van der Waals surface area (Å²) in [5.41, 5.74) is -1.84. The van der Waals surface area contributed by atoms with E-state index in [-0.39, 0.29) is 77.0 Å². The van der Waals surface area contributed by atoms with Crippen LogP contribution < -0.4 is 31.3 Å². The van der Waals surface area contributed by atoms with Crippen molar-refractivity contribution in [2.45, 2.75) is 18.5 Å². The van der Waals surface area contributed by atoms with Crippen LogP contribution in [0.15, 0.2) is 146 Å². The molecule has 0 fully saturated rings. The van der Waals surface area contributed by atoms with Crippen LogP contribution in [-0.4, -0.2) is 44.1 Å². The Morgan fingerprint density at radius 1 is 0.361 bits per heavy atom. The fourth-order valence-corrected chi connectivity index (χ4v) is 5.10. The molecule has 6 aromatic carbocycles. The van der Waals surface area contributed by atoms with Crippen molar-refractivity contribution in [2.24, 2.45) is 0 Å². The smallest absolute Gasteiger partial charge is 0.545 e. The molecule has 19 heteroatoms. The van der Waals surface area contributed by atoms with Crippen molar-refractivity contribution < 1.29 is 69.2 Å². The van der Waals surface area contributed by atoms with Gasteiger partial charge in [0.15, 0.2) is 0 Å². The van der Waals surface area contributed by atoms with Crippen LogP contribution in [0.4, 0.5) is 73.6 Å². The van der Waals surface area contributed by atoms with E-state index in [9.17, 15) is 69.2 Å². The molecule has 61 heavy (non-hydrogen) atoms. The van der Waals surface area contributed by atoms with Gasteiger partial charge in [0.25, 0.3) is 0 Å². The van der Waals surface area contributed by atoms with Gasteiger partial charge in [-0.2, -0.15) is 39.5 Å². The average Bonchev–Trinajstić information content (AvgIpc) is 3.18. The van der Waals surface area contributed by atoms with E-state index in [2.05, 4.69) is 16.0 Å². The van der Waals surface area contributed by atoms with Gasteiger partial charge in [-0.1, -0.05) is 72.8 Å². The normalized spacial score (nSPS) is 11.0. The van der Waals surface area contributed by atoms with Crippen LogP contribution >= 0.6 is 0 Å². The number of carbonyl (C=O) groups is 3. The average molecular weight is 1050 g/mol. The van der Waals surface area contributed by atoms with Gasteiger partial charge in [0, 0.05) is 50.8 Å². The molecule has 3 N–H and O–H groups in total. The van der Waals surface area contributed by atoms with Gasteiger partial charge in [-0.15, -0.1) is 0 Å². The number of carboxylic acid groups (broad SMARTS) is 3. The number of para-hydroxylation sites is 3. The van der Waals surface area contributed by atoms with Gasteiger partial charge in [0.1, 0.15) is 0 Å². The van der Waals surface area contributed by atoms with Crippen LogP contribution in [0.3, 0.4) is 0 Å². The van der Waals surface area contributed by atoms with Crippen LogP contribution in [0.2, 0.25) is 0 Å². The maximum absolute atomic E-state index is 12.6. The van der Waals surface area contributed by atoms with Gasteiger partial charge < -0.3 is 45.7 Å². The van der Waals surface area contributed by atoms with Crippen molar-refractivity contribution in [2.75, 3.05) is 16.0 Å². The molecule has 0 saturated heterocycles. The van der Waals surface area contributed by atoms with Gasteiger partial charge in [0.2, 0.25) is 0 Å². The number of carboxylic acids is 3. The van der Waals surface area contributed by atoms with E-state index in [4.69, 9.17) is 0 Å². The van der Waals surface area contributed by atoms with Gasteiger partial charge in [-0.05, 0) is 72.8 Å². The largest absolute Gasteiger partial charge is 3.00 e. The molecule has 0 bridgehead atoms. The van der Waals surface area contributed by atoms with Crippen LogP contribution in [-0.2, 0) is 18.5 Å². The Hall–Kier alpha value is -6.62. The summed E-state index contributed by atoms with van der Waals surface area (Å²) >= 11 is 0. The summed E-state index contributed by atoms with van der Waals surface area (Å²) in [6.45, 7) is 0. The number of halogens is 9. The second-order valence-electron chi connectivity index (χ2n) is 12.1. The molecule has 6 rings (SSSR count). The van der Waals surface area contributed by atoms with E-state index in [0.29, 0.717) is 0 Å². The van der Waals surface area contributed by atoms with Crippen molar-refractivity contribution in [3.05, 3.63) is 179 Å². The maximum Gasteiger partial charge on any atom is 3.00 e. The first-order valence-electron chi connectivity index (χ1n) is 16.9. The van der Waals surface area contributed by atoms with E-state index >= 15 is 0 Å². The third kappa shape index (κ3) is 14.6. The number of hydrogen-bond acceptors (Lipinski definition) is 9. The second-order valence-corrected chi connectivity index (χ2v) is 12.1. The number of aromatic carboxylic acids is 3. The number of rotatable bonds is 9. The van der Waals surface area contributed by atoms with Gasteiger partial charge in [-0.3, -0.25) is 0 Å². The van der Waals surface area contributed by atoms with Crippen LogP contribution in [0.1, 0.15) is 47.8 Å². The molecule has 0 aliphatic heterocycles. The molecule has 0 heterocycles. The first-order chi connectivity index (χ1) is 28.1. The summed E-state index contributed by atoms with van der Waals surface area (Å²) in [5, 5.41) is 40.7. The van der Waals surface area contributed by atoms with E-state index < -0.39 is 53.1 Å².